The fraction of sp³-hybridized carbons (Fsp3) is 0.0714. The molecule has 0 N–H and O–H groups in total. The summed E-state index contributed by atoms with van der Waals surface area (Å²) in [5, 5.41) is 1.05. The molecule has 1 heterocycles. The van der Waals surface area contributed by atoms with Crippen LogP contribution in [0.15, 0.2) is 46.9 Å². The number of hydrogen-bond donors (Lipinski definition) is 0. The second-order valence-electron chi connectivity index (χ2n) is 4.01. The lowest BCUT2D eigenvalue weighted by molar-refractivity contribution is 0.544. The molecule has 0 atom stereocenters. The van der Waals surface area contributed by atoms with Gasteiger partial charge < -0.3 is 4.42 Å². The van der Waals surface area contributed by atoms with Gasteiger partial charge >= 0.3 is 0 Å². The van der Waals surface area contributed by atoms with Gasteiger partial charge in [0.15, 0.2) is 11.5 Å². The Kier molecular flexibility index (Phi) is 2.98. The summed E-state index contributed by atoms with van der Waals surface area (Å²) in [5.74, 6) is 0.639. The molecule has 18 heavy (non-hydrogen) atoms. The summed E-state index contributed by atoms with van der Waals surface area (Å²) < 4.78 is 5.66. The van der Waals surface area contributed by atoms with Gasteiger partial charge in [-0.3, -0.25) is 0 Å². The number of fused-ring (bicyclic) bond motifs is 1. The maximum absolute atomic E-state index is 6.06. The molecule has 90 valence electrons. The van der Waals surface area contributed by atoms with Crippen LogP contribution in [0.2, 0.25) is 10.0 Å². The van der Waals surface area contributed by atoms with Gasteiger partial charge in [-0.1, -0.05) is 53.5 Å². The van der Waals surface area contributed by atoms with E-state index in [1.54, 1.807) is 12.1 Å². The normalized spacial score (nSPS) is 11.0. The van der Waals surface area contributed by atoms with Crippen molar-refractivity contribution in [3.05, 3.63) is 64.0 Å². The first-order valence-corrected chi connectivity index (χ1v) is 6.26. The molecule has 0 amide bonds. The predicted molar refractivity (Wildman–Crippen MR) is 73.3 cm³/mol. The molecule has 0 saturated heterocycles. The van der Waals surface area contributed by atoms with Crippen LogP contribution in [0.1, 0.15) is 11.5 Å². The molecule has 0 spiro atoms. The lowest BCUT2D eigenvalue weighted by Crippen LogP contribution is -1.86. The largest absolute Gasteiger partial charge is 0.439 e. The highest BCUT2D eigenvalue weighted by Gasteiger charge is 2.10. The van der Waals surface area contributed by atoms with Crippen molar-refractivity contribution in [3.8, 4) is 0 Å². The van der Waals surface area contributed by atoms with Crippen molar-refractivity contribution < 1.29 is 4.42 Å². The summed E-state index contributed by atoms with van der Waals surface area (Å²) in [6.07, 6.45) is 0.642. The lowest BCUT2D eigenvalue weighted by atomic mass is 10.1. The number of oxazole rings is 1. The van der Waals surface area contributed by atoms with Gasteiger partial charge in [-0.25, -0.2) is 4.98 Å². The van der Waals surface area contributed by atoms with E-state index in [0.29, 0.717) is 33.5 Å². The van der Waals surface area contributed by atoms with Gasteiger partial charge in [-0.15, -0.1) is 0 Å². The van der Waals surface area contributed by atoms with Crippen LogP contribution in [0.5, 0.6) is 0 Å². The number of hydrogen-bond acceptors (Lipinski definition) is 2. The molecule has 0 fully saturated rings. The van der Waals surface area contributed by atoms with Crippen LogP contribution in [0, 0.1) is 0 Å². The van der Waals surface area contributed by atoms with E-state index in [9.17, 15) is 0 Å². The number of benzene rings is 2. The molecule has 2 nitrogen and oxygen atoms in total. The predicted octanol–water partition coefficient (Wildman–Crippen LogP) is 4.73. The fourth-order valence-corrected chi connectivity index (χ4v) is 2.37. The topological polar surface area (TPSA) is 26.0 Å². The average molecular weight is 278 g/mol. The highest BCUT2D eigenvalue weighted by molar-refractivity contribution is 6.37. The molecule has 0 radical (unpaired) electrons. The molecule has 4 heteroatoms. The maximum atomic E-state index is 6.06. The molecule has 3 rings (SSSR count). The minimum atomic E-state index is 0.490. The fourth-order valence-electron chi connectivity index (χ4n) is 1.85. The van der Waals surface area contributed by atoms with E-state index in [1.807, 2.05) is 30.3 Å². The zero-order chi connectivity index (χ0) is 12.5. The Hall–Kier alpha value is -1.51. The second-order valence-corrected chi connectivity index (χ2v) is 4.85. The van der Waals surface area contributed by atoms with Gasteiger partial charge in [-0.05, 0) is 17.7 Å². The van der Waals surface area contributed by atoms with Crippen molar-refractivity contribution in [2.75, 3.05) is 0 Å². The molecule has 0 aliphatic carbocycles. The van der Waals surface area contributed by atoms with Gasteiger partial charge in [0, 0.05) is 11.4 Å². The summed E-state index contributed by atoms with van der Waals surface area (Å²) in [5.41, 5.74) is 2.43. The first kappa shape index (κ1) is 11.6. The summed E-state index contributed by atoms with van der Waals surface area (Å²) in [6, 6.07) is 13.4. The zero-order valence-electron chi connectivity index (χ0n) is 9.36. The van der Waals surface area contributed by atoms with Crippen molar-refractivity contribution in [1.82, 2.24) is 4.98 Å². The SMILES string of the molecule is Clc1cc(Cl)c2oc(Cc3ccccc3)nc2c1. The number of rotatable bonds is 2. The van der Waals surface area contributed by atoms with Crippen LogP contribution < -0.4 is 0 Å². The molecule has 2 aromatic carbocycles. The molecular weight excluding hydrogens is 269 g/mol. The Labute approximate surface area is 114 Å². The molecule has 1 aromatic heterocycles. The highest BCUT2D eigenvalue weighted by atomic mass is 35.5. The Morgan fingerprint density at radius 1 is 1.06 bits per heavy atom. The third kappa shape index (κ3) is 2.22. The van der Waals surface area contributed by atoms with E-state index in [-0.39, 0.29) is 0 Å². The van der Waals surface area contributed by atoms with Crippen LogP contribution in [0.3, 0.4) is 0 Å². The van der Waals surface area contributed by atoms with E-state index < -0.39 is 0 Å². The Morgan fingerprint density at radius 3 is 2.61 bits per heavy atom. The number of nitrogens with zero attached hydrogens (tertiary/aromatic N) is 1. The van der Waals surface area contributed by atoms with Crippen LogP contribution in [0.4, 0.5) is 0 Å². The lowest BCUT2D eigenvalue weighted by Gasteiger charge is -1.95. The van der Waals surface area contributed by atoms with E-state index in [0.717, 1.165) is 5.56 Å². The van der Waals surface area contributed by atoms with E-state index in [2.05, 4.69) is 4.98 Å². The van der Waals surface area contributed by atoms with Crippen molar-refractivity contribution in [2.45, 2.75) is 6.42 Å². The zero-order valence-corrected chi connectivity index (χ0v) is 10.9. The van der Waals surface area contributed by atoms with Gasteiger partial charge in [-0.2, -0.15) is 0 Å². The molecule has 0 saturated carbocycles. The Bertz CT molecular complexity index is 692. The molecular formula is C14H9Cl2NO. The van der Waals surface area contributed by atoms with Crippen LogP contribution >= 0.6 is 23.2 Å². The standard InChI is InChI=1S/C14H9Cl2NO/c15-10-7-11(16)14-12(8-10)17-13(18-14)6-9-4-2-1-3-5-9/h1-5,7-8H,6H2. The first-order chi connectivity index (χ1) is 8.72. The third-order valence-corrected chi connectivity index (χ3v) is 3.15. The highest BCUT2D eigenvalue weighted by Crippen LogP contribution is 2.28. The molecule has 0 unspecified atom stereocenters. The number of aromatic nitrogens is 1. The minimum Gasteiger partial charge on any atom is -0.439 e. The van der Waals surface area contributed by atoms with Crippen LogP contribution in [-0.2, 0) is 6.42 Å². The minimum absolute atomic E-state index is 0.490. The van der Waals surface area contributed by atoms with E-state index in [4.69, 9.17) is 27.6 Å². The summed E-state index contributed by atoms with van der Waals surface area (Å²) in [4.78, 5) is 4.39. The smallest absolute Gasteiger partial charge is 0.199 e. The van der Waals surface area contributed by atoms with Crippen molar-refractivity contribution in [3.63, 3.8) is 0 Å². The van der Waals surface area contributed by atoms with Crippen molar-refractivity contribution >= 4 is 34.3 Å². The van der Waals surface area contributed by atoms with Gasteiger partial charge in [0.05, 0.1) is 5.02 Å². The van der Waals surface area contributed by atoms with E-state index in [1.165, 1.54) is 0 Å². The van der Waals surface area contributed by atoms with Crippen LogP contribution in [-0.4, -0.2) is 4.98 Å². The van der Waals surface area contributed by atoms with Crippen molar-refractivity contribution in [1.29, 1.82) is 0 Å². The summed E-state index contributed by atoms with van der Waals surface area (Å²) in [6.45, 7) is 0. The maximum Gasteiger partial charge on any atom is 0.199 e. The Balaban J connectivity index is 2.01. The van der Waals surface area contributed by atoms with Gasteiger partial charge in [0.2, 0.25) is 0 Å². The van der Waals surface area contributed by atoms with Gasteiger partial charge in [0.1, 0.15) is 5.52 Å². The van der Waals surface area contributed by atoms with Gasteiger partial charge in [0.25, 0.3) is 0 Å². The monoisotopic (exact) mass is 277 g/mol. The summed E-state index contributed by atoms with van der Waals surface area (Å²) >= 11 is 12.0. The van der Waals surface area contributed by atoms with Crippen molar-refractivity contribution in [2.24, 2.45) is 0 Å². The molecule has 0 bridgehead atoms. The third-order valence-electron chi connectivity index (χ3n) is 2.65. The molecule has 3 aromatic rings. The number of halogens is 2. The molecule has 0 aliphatic heterocycles. The van der Waals surface area contributed by atoms with Crippen LogP contribution in [0.25, 0.3) is 11.1 Å². The summed E-state index contributed by atoms with van der Waals surface area (Å²) in [7, 11) is 0. The quantitative estimate of drug-likeness (QED) is 0.677. The van der Waals surface area contributed by atoms with E-state index >= 15 is 0 Å². The second kappa shape index (κ2) is 4.63. The molecule has 0 aliphatic rings. The average Bonchev–Trinajstić information content (AvgIpc) is 2.73. The Morgan fingerprint density at radius 2 is 1.83 bits per heavy atom. The first-order valence-electron chi connectivity index (χ1n) is 5.51.